The van der Waals surface area contributed by atoms with Gasteiger partial charge in [0.15, 0.2) is 0 Å². The van der Waals surface area contributed by atoms with Gasteiger partial charge in [0.05, 0.1) is 6.61 Å². The summed E-state index contributed by atoms with van der Waals surface area (Å²) in [5, 5.41) is 0. The maximum absolute atomic E-state index is 11.3. The highest BCUT2D eigenvalue weighted by Crippen LogP contribution is 2.37. The molecule has 1 heterocycles. The number of Topliss-reactive ketones (excluding diaryl/α,β-unsaturated/α-hetero) is 1. The SMILES string of the molecule is CCOCC1(CCc2ccccc2)CCN(Cc2ccc(CC(C)=O)cc2)CC1. The zero-order valence-corrected chi connectivity index (χ0v) is 18.0. The van der Waals surface area contributed by atoms with Crippen LogP contribution in [0, 0.1) is 5.41 Å². The second-order valence-corrected chi connectivity index (χ2v) is 8.59. The number of hydrogen-bond acceptors (Lipinski definition) is 3. The highest BCUT2D eigenvalue weighted by molar-refractivity contribution is 5.78. The maximum Gasteiger partial charge on any atom is 0.134 e. The molecular formula is C26H35NO2. The van der Waals surface area contributed by atoms with Crippen LogP contribution in [0.2, 0.25) is 0 Å². The van der Waals surface area contributed by atoms with Crippen molar-refractivity contribution >= 4 is 5.78 Å². The summed E-state index contributed by atoms with van der Waals surface area (Å²) in [4.78, 5) is 13.8. The predicted octanol–water partition coefficient (Wildman–Crippen LogP) is 5.07. The minimum absolute atomic E-state index is 0.218. The van der Waals surface area contributed by atoms with Crippen LogP contribution in [0.4, 0.5) is 0 Å². The molecule has 3 rings (SSSR count). The van der Waals surface area contributed by atoms with Gasteiger partial charge in [-0.05, 0) is 74.7 Å². The van der Waals surface area contributed by atoms with Crippen LogP contribution in [0.25, 0.3) is 0 Å². The highest BCUT2D eigenvalue weighted by atomic mass is 16.5. The molecule has 1 fully saturated rings. The number of nitrogens with zero attached hydrogens (tertiary/aromatic N) is 1. The Bertz CT molecular complexity index is 746. The Morgan fingerprint density at radius 1 is 0.966 bits per heavy atom. The molecule has 0 atom stereocenters. The first-order valence-corrected chi connectivity index (χ1v) is 11.0. The molecule has 3 heteroatoms. The number of ether oxygens (including phenoxy) is 1. The maximum atomic E-state index is 11.3. The van der Waals surface area contributed by atoms with Crippen LogP contribution in [-0.2, 0) is 28.9 Å². The molecule has 1 saturated heterocycles. The van der Waals surface area contributed by atoms with Crippen molar-refractivity contribution in [3.05, 3.63) is 71.3 Å². The first kappa shape index (κ1) is 21.7. The van der Waals surface area contributed by atoms with E-state index in [1.807, 2.05) is 0 Å². The van der Waals surface area contributed by atoms with E-state index >= 15 is 0 Å². The number of ketones is 1. The number of rotatable bonds is 10. The molecule has 0 saturated carbocycles. The summed E-state index contributed by atoms with van der Waals surface area (Å²) in [6, 6.07) is 19.4. The second kappa shape index (κ2) is 10.7. The number of aryl methyl sites for hydroxylation is 1. The Hall–Kier alpha value is -1.97. The number of carbonyl (C=O) groups is 1. The Kier molecular flexibility index (Phi) is 8.02. The summed E-state index contributed by atoms with van der Waals surface area (Å²) in [6.45, 7) is 8.65. The molecule has 0 aliphatic carbocycles. The van der Waals surface area contributed by atoms with Crippen molar-refractivity contribution in [1.29, 1.82) is 0 Å². The topological polar surface area (TPSA) is 29.5 Å². The van der Waals surface area contributed by atoms with E-state index in [-0.39, 0.29) is 5.78 Å². The molecule has 0 aromatic heterocycles. The standard InChI is InChI=1S/C26H35NO2/c1-3-29-21-26(14-13-23-7-5-4-6-8-23)15-17-27(18-16-26)20-25-11-9-24(10-12-25)19-22(2)28/h4-12H,3,13-21H2,1-2H3. The minimum atomic E-state index is 0.218. The first-order chi connectivity index (χ1) is 14.1. The fourth-order valence-electron chi connectivity index (χ4n) is 4.33. The predicted molar refractivity (Wildman–Crippen MR) is 119 cm³/mol. The highest BCUT2D eigenvalue weighted by Gasteiger charge is 2.34. The molecule has 0 N–H and O–H groups in total. The van der Waals surface area contributed by atoms with Gasteiger partial charge in [-0.3, -0.25) is 9.69 Å². The van der Waals surface area contributed by atoms with E-state index in [9.17, 15) is 4.79 Å². The van der Waals surface area contributed by atoms with Gasteiger partial charge in [-0.15, -0.1) is 0 Å². The van der Waals surface area contributed by atoms with Gasteiger partial charge in [-0.1, -0.05) is 54.6 Å². The van der Waals surface area contributed by atoms with Crippen LogP contribution < -0.4 is 0 Å². The quantitative estimate of drug-likeness (QED) is 0.564. The lowest BCUT2D eigenvalue weighted by Gasteiger charge is -2.42. The number of likely N-dealkylation sites (tertiary alicyclic amines) is 1. The van der Waals surface area contributed by atoms with Crippen molar-refractivity contribution in [2.45, 2.75) is 52.5 Å². The summed E-state index contributed by atoms with van der Waals surface area (Å²) < 4.78 is 5.92. The smallest absolute Gasteiger partial charge is 0.134 e. The van der Waals surface area contributed by atoms with Gasteiger partial charge < -0.3 is 4.74 Å². The molecule has 0 spiro atoms. The molecule has 156 valence electrons. The van der Waals surface area contributed by atoms with Gasteiger partial charge in [-0.25, -0.2) is 0 Å². The summed E-state index contributed by atoms with van der Waals surface area (Å²) in [7, 11) is 0. The largest absolute Gasteiger partial charge is 0.381 e. The lowest BCUT2D eigenvalue weighted by atomic mass is 9.74. The average molecular weight is 394 g/mol. The molecule has 0 bridgehead atoms. The summed E-state index contributed by atoms with van der Waals surface area (Å²) in [5.41, 5.74) is 4.17. The minimum Gasteiger partial charge on any atom is -0.381 e. The van der Waals surface area contributed by atoms with Crippen molar-refractivity contribution in [1.82, 2.24) is 4.90 Å². The molecule has 0 amide bonds. The molecular weight excluding hydrogens is 358 g/mol. The van der Waals surface area contributed by atoms with Crippen LogP contribution in [0.1, 0.15) is 49.8 Å². The zero-order chi connectivity index (χ0) is 20.5. The fraction of sp³-hybridized carbons (Fsp3) is 0.500. The first-order valence-electron chi connectivity index (χ1n) is 11.0. The number of piperidine rings is 1. The van der Waals surface area contributed by atoms with Crippen LogP contribution in [0.15, 0.2) is 54.6 Å². The van der Waals surface area contributed by atoms with Crippen molar-refractivity contribution in [3.8, 4) is 0 Å². The van der Waals surface area contributed by atoms with Crippen LogP contribution in [-0.4, -0.2) is 37.0 Å². The van der Waals surface area contributed by atoms with Gasteiger partial charge in [-0.2, -0.15) is 0 Å². The molecule has 1 aliphatic rings. The number of benzene rings is 2. The third-order valence-electron chi connectivity index (χ3n) is 6.20. The number of carbonyl (C=O) groups excluding carboxylic acids is 1. The monoisotopic (exact) mass is 393 g/mol. The van der Waals surface area contributed by atoms with Crippen molar-refractivity contribution in [2.75, 3.05) is 26.3 Å². The Morgan fingerprint density at radius 2 is 1.62 bits per heavy atom. The number of hydrogen-bond donors (Lipinski definition) is 0. The molecule has 0 unspecified atom stereocenters. The zero-order valence-electron chi connectivity index (χ0n) is 18.0. The molecule has 2 aromatic rings. The van der Waals surface area contributed by atoms with Crippen molar-refractivity contribution < 1.29 is 9.53 Å². The van der Waals surface area contributed by atoms with Gasteiger partial charge in [0, 0.05) is 19.6 Å². The Balaban J connectivity index is 1.54. The lowest BCUT2D eigenvalue weighted by molar-refractivity contribution is -0.116. The normalized spacial score (nSPS) is 16.6. The van der Waals surface area contributed by atoms with Crippen LogP contribution in [0.3, 0.4) is 0 Å². The molecule has 1 aliphatic heterocycles. The van der Waals surface area contributed by atoms with E-state index in [1.54, 1.807) is 6.92 Å². The van der Waals surface area contributed by atoms with E-state index in [1.165, 1.54) is 30.4 Å². The van der Waals surface area contributed by atoms with E-state index in [0.29, 0.717) is 11.8 Å². The van der Waals surface area contributed by atoms with Crippen molar-refractivity contribution in [3.63, 3.8) is 0 Å². The van der Waals surface area contributed by atoms with E-state index in [0.717, 1.165) is 44.8 Å². The van der Waals surface area contributed by atoms with Crippen LogP contribution >= 0.6 is 0 Å². The summed E-state index contributed by atoms with van der Waals surface area (Å²) in [6.07, 6.45) is 5.26. The van der Waals surface area contributed by atoms with Gasteiger partial charge >= 0.3 is 0 Å². The van der Waals surface area contributed by atoms with Gasteiger partial charge in [0.2, 0.25) is 0 Å². The van der Waals surface area contributed by atoms with Crippen molar-refractivity contribution in [2.24, 2.45) is 5.41 Å². The summed E-state index contributed by atoms with van der Waals surface area (Å²) in [5.74, 6) is 0.218. The average Bonchev–Trinajstić information content (AvgIpc) is 2.74. The second-order valence-electron chi connectivity index (χ2n) is 8.59. The van der Waals surface area contributed by atoms with E-state index in [2.05, 4.69) is 66.4 Å². The van der Waals surface area contributed by atoms with Gasteiger partial charge in [0.25, 0.3) is 0 Å². The molecule has 29 heavy (non-hydrogen) atoms. The van der Waals surface area contributed by atoms with E-state index in [4.69, 9.17) is 4.74 Å². The summed E-state index contributed by atoms with van der Waals surface area (Å²) >= 11 is 0. The lowest BCUT2D eigenvalue weighted by Crippen LogP contribution is -2.42. The Morgan fingerprint density at radius 3 is 2.24 bits per heavy atom. The molecule has 3 nitrogen and oxygen atoms in total. The molecule has 0 radical (unpaired) electrons. The fourth-order valence-corrected chi connectivity index (χ4v) is 4.33. The van der Waals surface area contributed by atoms with Gasteiger partial charge in [0.1, 0.15) is 5.78 Å². The Labute approximate surface area is 176 Å². The van der Waals surface area contributed by atoms with E-state index < -0.39 is 0 Å². The van der Waals surface area contributed by atoms with Crippen LogP contribution in [0.5, 0.6) is 0 Å². The third-order valence-corrected chi connectivity index (χ3v) is 6.20. The molecule has 2 aromatic carbocycles. The third kappa shape index (κ3) is 6.80.